The standard InChI is InChI=1S/C16H19N3O2/c1-18(2)12-10-15(16-5-3-4-11-17-16)13-6-8-14(9-7-13)19(20)21/h3-9,11,15H,10,12H2,1-2H3. The molecule has 2 rings (SSSR count). The maximum absolute atomic E-state index is 10.8. The van der Waals surface area contributed by atoms with Gasteiger partial charge in [-0.2, -0.15) is 0 Å². The smallest absolute Gasteiger partial charge is 0.269 e. The average Bonchev–Trinajstić information content (AvgIpc) is 2.49. The number of nitro benzene ring substituents is 1. The molecular weight excluding hydrogens is 266 g/mol. The summed E-state index contributed by atoms with van der Waals surface area (Å²) in [5.41, 5.74) is 2.17. The van der Waals surface area contributed by atoms with Crippen molar-refractivity contribution in [3.8, 4) is 0 Å². The summed E-state index contributed by atoms with van der Waals surface area (Å²) in [6.07, 6.45) is 2.70. The predicted molar refractivity (Wildman–Crippen MR) is 82.3 cm³/mol. The van der Waals surface area contributed by atoms with Gasteiger partial charge in [-0.1, -0.05) is 18.2 Å². The number of nitro groups is 1. The van der Waals surface area contributed by atoms with Gasteiger partial charge in [-0.25, -0.2) is 0 Å². The second-order valence-corrected chi connectivity index (χ2v) is 5.25. The van der Waals surface area contributed by atoms with Crippen LogP contribution in [0.1, 0.15) is 23.6 Å². The van der Waals surface area contributed by atoms with E-state index >= 15 is 0 Å². The summed E-state index contributed by atoms with van der Waals surface area (Å²) in [6, 6.07) is 12.6. The molecule has 1 atom stereocenters. The third kappa shape index (κ3) is 4.10. The van der Waals surface area contributed by atoms with Crippen molar-refractivity contribution < 1.29 is 4.92 Å². The van der Waals surface area contributed by atoms with Gasteiger partial charge in [0.15, 0.2) is 0 Å². The van der Waals surface area contributed by atoms with Gasteiger partial charge < -0.3 is 4.90 Å². The second-order valence-electron chi connectivity index (χ2n) is 5.25. The molecule has 0 aliphatic heterocycles. The quantitative estimate of drug-likeness (QED) is 0.604. The zero-order chi connectivity index (χ0) is 15.2. The third-order valence-electron chi connectivity index (χ3n) is 3.42. The highest BCUT2D eigenvalue weighted by Gasteiger charge is 2.16. The number of pyridine rings is 1. The molecule has 5 nitrogen and oxygen atoms in total. The Kier molecular flexibility index (Phi) is 5.00. The largest absolute Gasteiger partial charge is 0.309 e. The normalized spacial score (nSPS) is 12.3. The number of nitrogens with zero attached hydrogens (tertiary/aromatic N) is 3. The zero-order valence-corrected chi connectivity index (χ0v) is 12.3. The van der Waals surface area contributed by atoms with Crippen molar-refractivity contribution in [2.45, 2.75) is 12.3 Å². The summed E-state index contributed by atoms with van der Waals surface area (Å²) >= 11 is 0. The van der Waals surface area contributed by atoms with Crippen molar-refractivity contribution >= 4 is 5.69 Å². The monoisotopic (exact) mass is 285 g/mol. The zero-order valence-electron chi connectivity index (χ0n) is 12.3. The van der Waals surface area contributed by atoms with E-state index in [0.29, 0.717) is 0 Å². The van der Waals surface area contributed by atoms with Gasteiger partial charge in [0, 0.05) is 29.9 Å². The summed E-state index contributed by atoms with van der Waals surface area (Å²) in [5, 5.41) is 10.8. The van der Waals surface area contributed by atoms with Crippen molar-refractivity contribution in [1.29, 1.82) is 0 Å². The minimum atomic E-state index is -0.376. The molecule has 0 amide bonds. The maximum Gasteiger partial charge on any atom is 0.269 e. The van der Waals surface area contributed by atoms with E-state index in [9.17, 15) is 10.1 Å². The molecule has 0 spiro atoms. The van der Waals surface area contributed by atoms with Gasteiger partial charge in [0.1, 0.15) is 0 Å². The highest BCUT2D eigenvalue weighted by Crippen LogP contribution is 2.28. The first-order valence-corrected chi connectivity index (χ1v) is 6.88. The molecule has 0 N–H and O–H groups in total. The molecule has 0 aliphatic rings. The molecular formula is C16H19N3O2. The summed E-state index contributed by atoms with van der Waals surface area (Å²) in [4.78, 5) is 16.9. The number of benzene rings is 1. The van der Waals surface area contributed by atoms with Crippen LogP contribution >= 0.6 is 0 Å². The molecule has 1 aromatic heterocycles. The summed E-state index contributed by atoms with van der Waals surface area (Å²) < 4.78 is 0. The molecule has 110 valence electrons. The topological polar surface area (TPSA) is 59.3 Å². The van der Waals surface area contributed by atoms with E-state index in [1.165, 1.54) is 0 Å². The number of hydrogen-bond donors (Lipinski definition) is 0. The summed E-state index contributed by atoms with van der Waals surface area (Å²) in [6.45, 7) is 0.929. The molecule has 0 saturated heterocycles. The van der Waals surface area contributed by atoms with Crippen molar-refractivity contribution in [2.75, 3.05) is 20.6 Å². The van der Waals surface area contributed by atoms with Crippen LogP contribution < -0.4 is 0 Å². The van der Waals surface area contributed by atoms with Crippen LogP contribution in [-0.4, -0.2) is 35.4 Å². The number of aromatic nitrogens is 1. The Morgan fingerprint density at radius 3 is 2.43 bits per heavy atom. The van der Waals surface area contributed by atoms with Gasteiger partial charge in [-0.05, 0) is 44.8 Å². The maximum atomic E-state index is 10.8. The highest BCUT2D eigenvalue weighted by molar-refractivity contribution is 5.37. The first-order chi connectivity index (χ1) is 10.1. The molecule has 0 radical (unpaired) electrons. The van der Waals surface area contributed by atoms with E-state index in [2.05, 4.69) is 9.88 Å². The van der Waals surface area contributed by atoms with E-state index in [0.717, 1.165) is 24.2 Å². The van der Waals surface area contributed by atoms with Crippen LogP contribution in [-0.2, 0) is 0 Å². The molecule has 0 aliphatic carbocycles. The lowest BCUT2D eigenvalue weighted by molar-refractivity contribution is -0.384. The Morgan fingerprint density at radius 1 is 1.19 bits per heavy atom. The van der Waals surface area contributed by atoms with Gasteiger partial charge in [0.25, 0.3) is 5.69 Å². The molecule has 21 heavy (non-hydrogen) atoms. The lowest BCUT2D eigenvalue weighted by Crippen LogP contribution is -2.17. The molecule has 0 fully saturated rings. The van der Waals surface area contributed by atoms with Crippen LogP contribution in [0.25, 0.3) is 0 Å². The molecule has 1 unspecified atom stereocenters. The second kappa shape index (κ2) is 6.95. The SMILES string of the molecule is CN(C)CCC(c1ccc([N+](=O)[O-])cc1)c1ccccn1. The molecule has 0 bridgehead atoms. The van der Waals surface area contributed by atoms with E-state index in [1.54, 1.807) is 18.3 Å². The van der Waals surface area contributed by atoms with Gasteiger partial charge in [-0.3, -0.25) is 15.1 Å². The van der Waals surface area contributed by atoms with Gasteiger partial charge in [0.05, 0.1) is 4.92 Å². The molecule has 1 aromatic carbocycles. The van der Waals surface area contributed by atoms with Crippen LogP contribution in [0.15, 0.2) is 48.7 Å². The number of non-ortho nitro benzene ring substituents is 1. The Labute approximate surface area is 124 Å². The van der Waals surface area contributed by atoms with Crippen LogP contribution in [0, 0.1) is 10.1 Å². The van der Waals surface area contributed by atoms with Crippen LogP contribution in [0.3, 0.4) is 0 Å². The molecule has 1 heterocycles. The minimum absolute atomic E-state index is 0.117. The predicted octanol–water partition coefficient (Wildman–Crippen LogP) is 3.07. The van der Waals surface area contributed by atoms with Crippen molar-refractivity contribution in [2.24, 2.45) is 0 Å². The van der Waals surface area contributed by atoms with E-state index in [1.807, 2.05) is 44.4 Å². The van der Waals surface area contributed by atoms with Crippen LogP contribution in [0.5, 0.6) is 0 Å². The Morgan fingerprint density at radius 2 is 1.90 bits per heavy atom. The van der Waals surface area contributed by atoms with Gasteiger partial charge >= 0.3 is 0 Å². The Bertz CT molecular complexity index is 582. The highest BCUT2D eigenvalue weighted by atomic mass is 16.6. The fourth-order valence-corrected chi connectivity index (χ4v) is 2.28. The third-order valence-corrected chi connectivity index (χ3v) is 3.42. The fourth-order valence-electron chi connectivity index (χ4n) is 2.28. The first kappa shape index (κ1) is 15.1. The fraction of sp³-hybridized carbons (Fsp3) is 0.312. The average molecular weight is 285 g/mol. The first-order valence-electron chi connectivity index (χ1n) is 6.88. The molecule has 2 aromatic rings. The van der Waals surface area contributed by atoms with Crippen molar-refractivity contribution in [1.82, 2.24) is 9.88 Å². The number of rotatable bonds is 6. The van der Waals surface area contributed by atoms with E-state index in [-0.39, 0.29) is 16.5 Å². The minimum Gasteiger partial charge on any atom is -0.309 e. The van der Waals surface area contributed by atoms with E-state index in [4.69, 9.17) is 0 Å². The Hall–Kier alpha value is -2.27. The summed E-state index contributed by atoms with van der Waals surface area (Å²) in [7, 11) is 4.07. The van der Waals surface area contributed by atoms with Gasteiger partial charge in [-0.15, -0.1) is 0 Å². The van der Waals surface area contributed by atoms with Crippen molar-refractivity contribution in [3.05, 3.63) is 70.0 Å². The summed E-state index contributed by atoms with van der Waals surface area (Å²) in [5.74, 6) is 0.148. The number of hydrogen-bond acceptors (Lipinski definition) is 4. The van der Waals surface area contributed by atoms with Crippen LogP contribution in [0.4, 0.5) is 5.69 Å². The molecule has 5 heteroatoms. The van der Waals surface area contributed by atoms with E-state index < -0.39 is 0 Å². The lowest BCUT2D eigenvalue weighted by Gasteiger charge is -2.19. The Balaban J connectivity index is 2.28. The van der Waals surface area contributed by atoms with Crippen molar-refractivity contribution in [3.63, 3.8) is 0 Å². The molecule has 0 saturated carbocycles. The van der Waals surface area contributed by atoms with Gasteiger partial charge in [0.2, 0.25) is 0 Å². The van der Waals surface area contributed by atoms with Crippen LogP contribution in [0.2, 0.25) is 0 Å². The lowest BCUT2D eigenvalue weighted by atomic mass is 9.91.